The maximum atomic E-state index is 13.2. The van der Waals surface area contributed by atoms with Gasteiger partial charge in [0.05, 0.1) is 17.1 Å². The predicted molar refractivity (Wildman–Crippen MR) is 125 cm³/mol. The molecule has 9 nitrogen and oxygen atoms in total. The summed E-state index contributed by atoms with van der Waals surface area (Å²) in [4.78, 5) is 31.5. The van der Waals surface area contributed by atoms with Crippen LogP contribution in [-0.4, -0.2) is 61.6 Å². The maximum Gasteiger partial charge on any atom is 0.245 e. The highest BCUT2D eigenvalue weighted by atomic mass is 16.2. The number of carbonyl (C=O) groups is 1. The molecule has 0 bridgehead atoms. The Morgan fingerprint density at radius 2 is 1.97 bits per heavy atom. The van der Waals surface area contributed by atoms with Crippen LogP contribution < -0.4 is 10.2 Å². The van der Waals surface area contributed by atoms with Crippen molar-refractivity contribution >= 4 is 23.5 Å². The van der Waals surface area contributed by atoms with Gasteiger partial charge < -0.3 is 15.1 Å². The van der Waals surface area contributed by atoms with Gasteiger partial charge in [-0.3, -0.25) is 14.9 Å². The fourth-order valence-corrected chi connectivity index (χ4v) is 5.22. The van der Waals surface area contributed by atoms with Crippen LogP contribution in [0.25, 0.3) is 11.4 Å². The summed E-state index contributed by atoms with van der Waals surface area (Å²) >= 11 is 0. The van der Waals surface area contributed by atoms with E-state index >= 15 is 0 Å². The monoisotopic (exact) mass is 444 g/mol. The molecule has 0 unspecified atom stereocenters. The van der Waals surface area contributed by atoms with Crippen LogP contribution in [0.2, 0.25) is 0 Å². The first-order valence-corrected chi connectivity index (χ1v) is 12.0. The van der Waals surface area contributed by atoms with Gasteiger partial charge in [-0.2, -0.15) is 10.1 Å². The Morgan fingerprint density at radius 3 is 2.82 bits per heavy atom. The minimum Gasteiger partial charge on any atom is -0.341 e. The second kappa shape index (κ2) is 8.46. The molecule has 1 atom stereocenters. The SMILES string of the molecule is O=C([C@@H]1CCCN1c1nc2c(c(Nc3cc(-c4ccccn4)[nH]n3)n1)CCC2)N1CCCC1. The van der Waals surface area contributed by atoms with E-state index in [-0.39, 0.29) is 11.9 Å². The highest BCUT2D eigenvalue weighted by Gasteiger charge is 2.37. The third-order valence-corrected chi connectivity index (χ3v) is 6.90. The van der Waals surface area contributed by atoms with Crippen LogP contribution in [0.1, 0.15) is 43.4 Å². The van der Waals surface area contributed by atoms with Gasteiger partial charge in [0.1, 0.15) is 11.9 Å². The largest absolute Gasteiger partial charge is 0.341 e. The second-order valence-corrected chi connectivity index (χ2v) is 9.04. The molecule has 2 saturated heterocycles. The highest BCUT2D eigenvalue weighted by Crippen LogP contribution is 2.33. The first-order chi connectivity index (χ1) is 16.3. The number of hydrogen-bond acceptors (Lipinski definition) is 7. The van der Waals surface area contributed by atoms with Crippen LogP contribution in [0.15, 0.2) is 30.5 Å². The molecule has 3 aromatic rings. The van der Waals surface area contributed by atoms with Crippen molar-refractivity contribution in [2.75, 3.05) is 29.9 Å². The van der Waals surface area contributed by atoms with E-state index in [1.807, 2.05) is 29.2 Å². The summed E-state index contributed by atoms with van der Waals surface area (Å²) in [5.41, 5.74) is 3.93. The van der Waals surface area contributed by atoms with E-state index in [0.717, 1.165) is 93.0 Å². The number of hydrogen-bond donors (Lipinski definition) is 2. The molecule has 33 heavy (non-hydrogen) atoms. The third kappa shape index (κ3) is 3.81. The van der Waals surface area contributed by atoms with Crippen LogP contribution in [-0.2, 0) is 17.6 Å². The van der Waals surface area contributed by atoms with Gasteiger partial charge in [-0.15, -0.1) is 0 Å². The number of aryl methyl sites for hydroxylation is 1. The Balaban J connectivity index is 1.29. The van der Waals surface area contributed by atoms with Crippen LogP contribution in [0.4, 0.5) is 17.6 Å². The number of likely N-dealkylation sites (tertiary alicyclic amines) is 1. The van der Waals surface area contributed by atoms with Gasteiger partial charge in [0.2, 0.25) is 11.9 Å². The average Bonchev–Trinajstić information content (AvgIpc) is 3.65. The van der Waals surface area contributed by atoms with Gasteiger partial charge in [0.15, 0.2) is 5.82 Å². The summed E-state index contributed by atoms with van der Waals surface area (Å²) in [6.07, 6.45) is 8.79. The number of aromatic amines is 1. The van der Waals surface area contributed by atoms with Gasteiger partial charge in [-0.25, -0.2) is 4.98 Å². The number of amides is 1. The quantitative estimate of drug-likeness (QED) is 0.623. The smallest absolute Gasteiger partial charge is 0.245 e. The summed E-state index contributed by atoms with van der Waals surface area (Å²) < 4.78 is 0. The van der Waals surface area contributed by atoms with E-state index < -0.39 is 0 Å². The number of aromatic nitrogens is 5. The summed E-state index contributed by atoms with van der Waals surface area (Å²) in [6.45, 7) is 2.56. The normalized spacial score (nSPS) is 19.8. The molecule has 2 N–H and O–H groups in total. The molecule has 1 aliphatic carbocycles. The number of nitrogens with one attached hydrogen (secondary N) is 2. The van der Waals surface area contributed by atoms with Gasteiger partial charge in [0.25, 0.3) is 0 Å². The molecule has 0 aromatic carbocycles. The lowest BCUT2D eigenvalue weighted by atomic mass is 10.2. The van der Waals surface area contributed by atoms with Crippen molar-refractivity contribution < 1.29 is 4.79 Å². The minimum atomic E-state index is -0.156. The van der Waals surface area contributed by atoms with Crippen molar-refractivity contribution in [3.05, 3.63) is 41.7 Å². The zero-order valence-corrected chi connectivity index (χ0v) is 18.6. The molecule has 0 spiro atoms. The van der Waals surface area contributed by atoms with Crippen molar-refractivity contribution in [2.24, 2.45) is 0 Å². The Morgan fingerprint density at radius 1 is 1.06 bits per heavy atom. The highest BCUT2D eigenvalue weighted by molar-refractivity contribution is 5.85. The fraction of sp³-hybridized carbons (Fsp3) is 0.458. The van der Waals surface area contributed by atoms with Gasteiger partial charge in [-0.05, 0) is 57.1 Å². The molecular formula is C24H28N8O. The number of carbonyl (C=O) groups excluding carboxylic acids is 1. The molecule has 1 amide bonds. The Kier molecular flexibility index (Phi) is 5.16. The van der Waals surface area contributed by atoms with E-state index in [0.29, 0.717) is 11.8 Å². The number of H-pyrrole nitrogens is 1. The molecule has 5 heterocycles. The molecule has 2 aliphatic heterocycles. The Hall–Kier alpha value is -3.49. The van der Waals surface area contributed by atoms with E-state index in [4.69, 9.17) is 9.97 Å². The lowest BCUT2D eigenvalue weighted by Gasteiger charge is -2.28. The fourth-order valence-electron chi connectivity index (χ4n) is 5.22. The second-order valence-electron chi connectivity index (χ2n) is 9.04. The molecule has 6 rings (SSSR count). The third-order valence-electron chi connectivity index (χ3n) is 6.90. The molecule has 0 radical (unpaired) electrons. The van der Waals surface area contributed by atoms with Crippen LogP contribution >= 0.6 is 0 Å². The molecule has 9 heteroatoms. The summed E-state index contributed by atoms with van der Waals surface area (Å²) in [7, 11) is 0. The Labute approximate surface area is 192 Å². The van der Waals surface area contributed by atoms with Crippen molar-refractivity contribution in [2.45, 2.75) is 51.0 Å². The lowest BCUT2D eigenvalue weighted by Crippen LogP contribution is -2.45. The van der Waals surface area contributed by atoms with Crippen LogP contribution in [0.5, 0.6) is 0 Å². The van der Waals surface area contributed by atoms with Crippen molar-refractivity contribution in [3.63, 3.8) is 0 Å². The molecule has 3 aliphatic rings. The van der Waals surface area contributed by atoms with Crippen molar-refractivity contribution in [1.29, 1.82) is 0 Å². The summed E-state index contributed by atoms with van der Waals surface area (Å²) in [5.74, 6) is 2.39. The zero-order valence-electron chi connectivity index (χ0n) is 18.6. The minimum absolute atomic E-state index is 0.156. The molecule has 2 fully saturated rings. The van der Waals surface area contributed by atoms with Gasteiger partial charge in [0, 0.05) is 37.5 Å². The summed E-state index contributed by atoms with van der Waals surface area (Å²) in [5, 5.41) is 10.9. The van der Waals surface area contributed by atoms with E-state index in [2.05, 4.69) is 25.4 Å². The number of pyridine rings is 1. The predicted octanol–water partition coefficient (Wildman–Crippen LogP) is 3.09. The van der Waals surface area contributed by atoms with Crippen LogP contribution in [0.3, 0.4) is 0 Å². The first-order valence-electron chi connectivity index (χ1n) is 12.0. The number of fused-ring (bicyclic) bond motifs is 1. The number of nitrogens with zero attached hydrogens (tertiary/aromatic N) is 6. The van der Waals surface area contributed by atoms with Gasteiger partial charge in [-0.1, -0.05) is 6.07 Å². The number of anilines is 3. The van der Waals surface area contributed by atoms with E-state index in [9.17, 15) is 4.79 Å². The van der Waals surface area contributed by atoms with Crippen LogP contribution in [0, 0.1) is 0 Å². The molecule has 170 valence electrons. The van der Waals surface area contributed by atoms with Crippen molar-refractivity contribution in [3.8, 4) is 11.4 Å². The topological polar surface area (TPSA) is 103 Å². The molecular weight excluding hydrogens is 416 g/mol. The first kappa shape index (κ1) is 20.1. The average molecular weight is 445 g/mol. The Bertz CT molecular complexity index is 1150. The lowest BCUT2D eigenvalue weighted by molar-refractivity contribution is -0.131. The standard InChI is InChI=1S/C24H28N8O/c33-23(31-12-3-4-13-31)20-10-6-14-32(20)24-26-17-9-5-7-16(17)22(28-24)27-21-15-19(29-30-21)18-8-1-2-11-25-18/h1-2,8,11,15,20H,3-7,9-10,12-14H2,(H2,26,27,28,29,30)/t20-/m0/s1. The van der Waals surface area contributed by atoms with Crippen molar-refractivity contribution in [1.82, 2.24) is 30.0 Å². The molecule has 3 aromatic heterocycles. The summed E-state index contributed by atoms with van der Waals surface area (Å²) in [6, 6.07) is 7.58. The number of rotatable bonds is 5. The zero-order chi connectivity index (χ0) is 22.2. The van der Waals surface area contributed by atoms with E-state index in [1.165, 1.54) is 0 Å². The van der Waals surface area contributed by atoms with E-state index in [1.54, 1.807) is 6.20 Å². The maximum absolute atomic E-state index is 13.2. The van der Waals surface area contributed by atoms with Gasteiger partial charge >= 0.3 is 0 Å². The molecule has 0 saturated carbocycles.